The zero-order chi connectivity index (χ0) is 18.6. The van der Waals surface area contributed by atoms with Gasteiger partial charge in [-0.15, -0.1) is 0 Å². The standard InChI is InChI=1S/C17H16ClFN2O4/c1-11(12-4-3-5-14(8-12)21(23)24)20(2)17(22)10-25-16-7-6-13(19)9-15(16)18/h3-9,11H,10H2,1-2H3/t11-/m0/s1. The number of amides is 1. The Morgan fingerprint density at radius 1 is 1.36 bits per heavy atom. The van der Waals surface area contributed by atoms with Gasteiger partial charge in [-0.2, -0.15) is 0 Å². The third-order valence-corrected chi connectivity index (χ3v) is 4.08. The second-order valence-corrected chi connectivity index (χ2v) is 5.80. The van der Waals surface area contributed by atoms with Crippen molar-refractivity contribution in [2.45, 2.75) is 13.0 Å². The van der Waals surface area contributed by atoms with Gasteiger partial charge in [-0.05, 0) is 30.7 Å². The predicted molar refractivity (Wildman–Crippen MR) is 91.2 cm³/mol. The molecule has 0 unspecified atom stereocenters. The number of non-ortho nitro benzene ring substituents is 1. The Balaban J connectivity index is 2.03. The molecule has 6 nitrogen and oxygen atoms in total. The Morgan fingerprint density at radius 2 is 2.08 bits per heavy atom. The Labute approximate surface area is 148 Å². The summed E-state index contributed by atoms with van der Waals surface area (Å²) in [7, 11) is 1.57. The van der Waals surface area contributed by atoms with Gasteiger partial charge in [0.25, 0.3) is 11.6 Å². The van der Waals surface area contributed by atoms with Gasteiger partial charge in [0.1, 0.15) is 11.6 Å². The molecule has 2 aromatic rings. The summed E-state index contributed by atoms with van der Waals surface area (Å²) in [5.41, 5.74) is 0.587. The van der Waals surface area contributed by atoms with E-state index in [4.69, 9.17) is 16.3 Å². The fraction of sp³-hybridized carbons (Fsp3) is 0.235. The summed E-state index contributed by atoms with van der Waals surface area (Å²) < 4.78 is 18.3. The molecule has 8 heteroatoms. The first-order valence-electron chi connectivity index (χ1n) is 7.37. The van der Waals surface area contributed by atoms with Crippen LogP contribution < -0.4 is 4.74 Å². The SMILES string of the molecule is C[C@@H](c1cccc([N+](=O)[O-])c1)N(C)C(=O)COc1ccc(F)cc1Cl. The van der Waals surface area contributed by atoms with Gasteiger partial charge in [0, 0.05) is 19.2 Å². The molecule has 2 rings (SSSR count). The summed E-state index contributed by atoms with van der Waals surface area (Å²) >= 11 is 5.84. The summed E-state index contributed by atoms with van der Waals surface area (Å²) in [4.78, 5) is 24.1. The second-order valence-electron chi connectivity index (χ2n) is 5.40. The highest BCUT2D eigenvalue weighted by atomic mass is 35.5. The van der Waals surface area contributed by atoms with Gasteiger partial charge < -0.3 is 9.64 Å². The highest BCUT2D eigenvalue weighted by Gasteiger charge is 2.20. The van der Waals surface area contributed by atoms with E-state index in [-0.39, 0.29) is 35.0 Å². The van der Waals surface area contributed by atoms with Crippen LogP contribution in [0.2, 0.25) is 5.02 Å². The molecule has 0 bridgehead atoms. The van der Waals surface area contributed by atoms with E-state index in [1.165, 1.54) is 29.2 Å². The minimum absolute atomic E-state index is 0.0421. The first-order chi connectivity index (χ1) is 11.8. The number of ether oxygens (including phenoxy) is 1. The van der Waals surface area contributed by atoms with Crippen LogP contribution in [0.1, 0.15) is 18.5 Å². The zero-order valence-corrected chi connectivity index (χ0v) is 14.4. The van der Waals surface area contributed by atoms with E-state index in [0.29, 0.717) is 5.56 Å². The van der Waals surface area contributed by atoms with Gasteiger partial charge in [0.15, 0.2) is 6.61 Å². The second kappa shape index (κ2) is 7.94. The van der Waals surface area contributed by atoms with Gasteiger partial charge in [-0.3, -0.25) is 14.9 Å². The fourth-order valence-electron chi connectivity index (χ4n) is 2.17. The number of nitro groups is 1. The number of hydrogen-bond donors (Lipinski definition) is 0. The number of carbonyl (C=O) groups is 1. The minimum atomic E-state index is -0.500. The maximum absolute atomic E-state index is 13.0. The van der Waals surface area contributed by atoms with Crippen molar-refractivity contribution >= 4 is 23.2 Å². The summed E-state index contributed by atoms with van der Waals surface area (Å²) in [6.07, 6.45) is 0. The number of hydrogen-bond acceptors (Lipinski definition) is 4. The lowest BCUT2D eigenvalue weighted by molar-refractivity contribution is -0.384. The van der Waals surface area contributed by atoms with Gasteiger partial charge in [0.05, 0.1) is 16.0 Å². The Kier molecular flexibility index (Phi) is 5.93. The number of carbonyl (C=O) groups excluding carboxylic acids is 1. The molecule has 25 heavy (non-hydrogen) atoms. The molecule has 0 aliphatic heterocycles. The molecule has 2 aromatic carbocycles. The van der Waals surface area contributed by atoms with Gasteiger partial charge >= 0.3 is 0 Å². The van der Waals surface area contributed by atoms with Crippen LogP contribution in [0.25, 0.3) is 0 Å². The van der Waals surface area contributed by atoms with E-state index >= 15 is 0 Å². The maximum Gasteiger partial charge on any atom is 0.269 e. The molecule has 0 spiro atoms. The number of rotatable bonds is 6. The van der Waals surface area contributed by atoms with E-state index in [2.05, 4.69) is 0 Å². The fourth-order valence-corrected chi connectivity index (χ4v) is 2.39. The normalized spacial score (nSPS) is 11.7. The molecule has 0 radical (unpaired) electrons. The van der Waals surface area contributed by atoms with E-state index in [1.54, 1.807) is 26.1 Å². The Morgan fingerprint density at radius 3 is 2.72 bits per heavy atom. The molecular formula is C17H16ClFN2O4. The van der Waals surface area contributed by atoms with Crippen LogP contribution in [0, 0.1) is 15.9 Å². The summed E-state index contributed by atoms with van der Waals surface area (Å²) in [6, 6.07) is 9.31. The summed E-state index contributed by atoms with van der Waals surface area (Å²) in [5.74, 6) is -0.646. The molecule has 0 saturated carbocycles. The van der Waals surface area contributed by atoms with Gasteiger partial charge in [0.2, 0.25) is 0 Å². The van der Waals surface area contributed by atoms with Crippen molar-refractivity contribution < 1.29 is 18.8 Å². The van der Waals surface area contributed by atoms with Crippen molar-refractivity contribution in [3.8, 4) is 5.75 Å². The van der Waals surface area contributed by atoms with Crippen LogP contribution in [0.15, 0.2) is 42.5 Å². The first-order valence-corrected chi connectivity index (χ1v) is 7.75. The quantitative estimate of drug-likeness (QED) is 0.572. The van der Waals surface area contributed by atoms with Crippen LogP contribution in [0.4, 0.5) is 10.1 Å². The summed E-state index contributed by atoms with van der Waals surface area (Å²) in [5, 5.41) is 10.9. The molecule has 0 saturated heterocycles. The average molecular weight is 367 g/mol. The van der Waals surface area contributed by atoms with Crippen LogP contribution in [0.3, 0.4) is 0 Å². The molecule has 132 valence electrons. The van der Waals surface area contributed by atoms with Crippen molar-refractivity contribution in [1.29, 1.82) is 0 Å². The van der Waals surface area contributed by atoms with Crippen molar-refractivity contribution in [3.63, 3.8) is 0 Å². The predicted octanol–water partition coefficient (Wildman–Crippen LogP) is 3.99. The van der Waals surface area contributed by atoms with E-state index in [1.807, 2.05) is 0 Å². The monoisotopic (exact) mass is 366 g/mol. The lowest BCUT2D eigenvalue weighted by atomic mass is 10.1. The van der Waals surface area contributed by atoms with Crippen LogP contribution in [0.5, 0.6) is 5.75 Å². The van der Waals surface area contributed by atoms with Gasteiger partial charge in [-0.1, -0.05) is 23.7 Å². The molecule has 0 heterocycles. The average Bonchev–Trinajstić information content (AvgIpc) is 2.59. The first kappa shape index (κ1) is 18.7. The number of halogens is 2. The minimum Gasteiger partial charge on any atom is -0.482 e. The van der Waals surface area contributed by atoms with Crippen molar-refractivity contribution in [2.75, 3.05) is 13.7 Å². The zero-order valence-electron chi connectivity index (χ0n) is 13.6. The molecule has 0 fully saturated rings. The molecule has 1 atom stereocenters. The lowest BCUT2D eigenvalue weighted by Crippen LogP contribution is -2.33. The number of likely N-dealkylation sites (N-methyl/N-ethyl adjacent to an activating group) is 1. The number of nitro benzene ring substituents is 1. The highest BCUT2D eigenvalue weighted by molar-refractivity contribution is 6.32. The molecular weight excluding hydrogens is 351 g/mol. The molecule has 0 N–H and O–H groups in total. The van der Waals surface area contributed by atoms with E-state index < -0.39 is 10.7 Å². The van der Waals surface area contributed by atoms with Crippen LogP contribution in [-0.4, -0.2) is 29.4 Å². The lowest BCUT2D eigenvalue weighted by Gasteiger charge is -2.25. The molecule has 0 aromatic heterocycles. The van der Waals surface area contributed by atoms with E-state index in [0.717, 1.165) is 6.07 Å². The molecule has 0 aliphatic carbocycles. The topological polar surface area (TPSA) is 72.7 Å². The van der Waals surface area contributed by atoms with Gasteiger partial charge in [-0.25, -0.2) is 4.39 Å². The van der Waals surface area contributed by atoms with Crippen LogP contribution in [-0.2, 0) is 4.79 Å². The highest BCUT2D eigenvalue weighted by Crippen LogP contribution is 2.26. The van der Waals surface area contributed by atoms with Crippen molar-refractivity contribution in [3.05, 3.63) is 69.0 Å². The number of benzene rings is 2. The van der Waals surface area contributed by atoms with Crippen molar-refractivity contribution in [2.24, 2.45) is 0 Å². The third kappa shape index (κ3) is 4.67. The molecule has 0 aliphatic rings. The Hall–Kier alpha value is -2.67. The largest absolute Gasteiger partial charge is 0.482 e. The maximum atomic E-state index is 13.0. The summed E-state index contributed by atoms with van der Waals surface area (Å²) in [6.45, 7) is 1.46. The van der Waals surface area contributed by atoms with Crippen molar-refractivity contribution in [1.82, 2.24) is 4.90 Å². The third-order valence-electron chi connectivity index (χ3n) is 3.78. The Bertz CT molecular complexity index is 800. The van der Waals surface area contributed by atoms with Crippen LogP contribution >= 0.6 is 11.6 Å². The van der Waals surface area contributed by atoms with E-state index in [9.17, 15) is 19.3 Å². The number of nitrogens with zero attached hydrogens (tertiary/aromatic N) is 2. The molecule has 1 amide bonds. The smallest absolute Gasteiger partial charge is 0.269 e.